The molecule has 0 bridgehead atoms. The minimum Gasteiger partial charge on any atom is -0.480 e. The minimum atomic E-state index is -0.948. The van der Waals surface area contributed by atoms with Crippen molar-refractivity contribution < 1.29 is 14.7 Å². The van der Waals surface area contributed by atoms with Gasteiger partial charge in [-0.1, -0.05) is 30.7 Å². The number of para-hydroxylation sites is 1. The fourth-order valence-corrected chi connectivity index (χ4v) is 2.02. The second-order valence-electron chi connectivity index (χ2n) is 4.51. The summed E-state index contributed by atoms with van der Waals surface area (Å²) in [5, 5.41) is 12.0. The average molecular weight is 299 g/mol. The molecule has 1 aromatic rings. The van der Waals surface area contributed by atoms with E-state index in [1.165, 1.54) is 0 Å². The third-order valence-electron chi connectivity index (χ3n) is 2.91. The lowest BCUT2D eigenvalue weighted by molar-refractivity contribution is -0.139. The number of hydrogen-bond acceptors (Lipinski definition) is 3. The van der Waals surface area contributed by atoms with Crippen molar-refractivity contribution in [3.8, 4) is 0 Å². The first-order chi connectivity index (χ1) is 9.45. The molecule has 0 aromatic heterocycles. The second-order valence-corrected chi connectivity index (χ2v) is 4.92. The summed E-state index contributed by atoms with van der Waals surface area (Å²) in [5.41, 5.74) is 0.526. The fourth-order valence-electron chi connectivity index (χ4n) is 1.84. The number of benzene rings is 1. The lowest BCUT2D eigenvalue weighted by Crippen LogP contribution is -2.44. The van der Waals surface area contributed by atoms with E-state index in [2.05, 4.69) is 5.32 Å². The highest BCUT2D eigenvalue weighted by Gasteiger charge is 2.23. The third kappa shape index (κ3) is 4.83. The van der Waals surface area contributed by atoms with Gasteiger partial charge in [0, 0.05) is 0 Å². The highest BCUT2D eigenvalue weighted by Crippen LogP contribution is 2.20. The zero-order chi connectivity index (χ0) is 15.1. The van der Waals surface area contributed by atoms with Crippen LogP contribution in [0.5, 0.6) is 0 Å². The summed E-state index contributed by atoms with van der Waals surface area (Å²) < 4.78 is 0. The number of carboxylic acid groups (broad SMARTS) is 1. The van der Waals surface area contributed by atoms with Crippen LogP contribution in [0.1, 0.15) is 20.3 Å². The molecule has 0 aliphatic rings. The van der Waals surface area contributed by atoms with Crippen molar-refractivity contribution in [3.63, 3.8) is 0 Å². The van der Waals surface area contributed by atoms with E-state index in [1.54, 1.807) is 36.1 Å². The van der Waals surface area contributed by atoms with Gasteiger partial charge < -0.3 is 10.4 Å². The molecule has 1 unspecified atom stereocenters. The molecule has 20 heavy (non-hydrogen) atoms. The standard InChI is InChI=1S/C14H19ClN2O3/c1-3-8-17(9-13(18)19)10(2)14(20)16-12-7-5-4-6-11(12)15/h4-7,10H,3,8-9H2,1-2H3,(H,16,20)(H,18,19). The number of aliphatic carboxylic acids is 1. The summed E-state index contributed by atoms with van der Waals surface area (Å²) in [6.07, 6.45) is 0.775. The number of rotatable bonds is 7. The Balaban J connectivity index is 2.73. The van der Waals surface area contributed by atoms with Crippen LogP contribution in [0.4, 0.5) is 5.69 Å². The first-order valence-electron chi connectivity index (χ1n) is 6.47. The largest absolute Gasteiger partial charge is 0.480 e. The Morgan fingerprint density at radius 2 is 2.05 bits per heavy atom. The van der Waals surface area contributed by atoms with E-state index in [-0.39, 0.29) is 12.5 Å². The Labute approximate surface area is 123 Å². The topological polar surface area (TPSA) is 69.6 Å². The van der Waals surface area contributed by atoms with Crippen LogP contribution in [0.25, 0.3) is 0 Å². The normalized spacial score (nSPS) is 12.2. The average Bonchev–Trinajstić information content (AvgIpc) is 2.39. The monoisotopic (exact) mass is 298 g/mol. The maximum absolute atomic E-state index is 12.2. The Morgan fingerprint density at radius 1 is 1.40 bits per heavy atom. The molecule has 1 rings (SSSR count). The molecule has 0 radical (unpaired) electrons. The molecule has 5 nitrogen and oxygen atoms in total. The molecule has 1 amide bonds. The van der Waals surface area contributed by atoms with Crippen LogP contribution >= 0.6 is 11.6 Å². The van der Waals surface area contributed by atoms with Crippen LogP contribution < -0.4 is 5.32 Å². The van der Waals surface area contributed by atoms with Gasteiger partial charge >= 0.3 is 5.97 Å². The molecule has 0 fully saturated rings. The summed E-state index contributed by atoms with van der Waals surface area (Å²) in [6, 6.07) is 6.39. The van der Waals surface area contributed by atoms with Crippen molar-refractivity contribution >= 4 is 29.2 Å². The summed E-state index contributed by atoms with van der Waals surface area (Å²) in [5.74, 6) is -1.22. The lowest BCUT2D eigenvalue weighted by Gasteiger charge is -2.26. The zero-order valence-corrected chi connectivity index (χ0v) is 12.4. The summed E-state index contributed by atoms with van der Waals surface area (Å²) >= 11 is 5.98. The summed E-state index contributed by atoms with van der Waals surface area (Å²) in [6.45, 7) is 4.01. The van der Waals surface area contributed by atoms with E-state index in [0.717, 1.165) is 6.42 Å². The number of carboxylic acids is 1. The number of carbonyl (C=O) groups is 2. The first-order valence-corrected chi connectivity index (χ1v) is 6.84. The Hall–Kier alpha value is -1.59. The van der Waals surface area contributed by atoms with Crippen molar-refractivity contribution in [1.29, 1.82) is 0 Å². The van der Waals surface area contributed by atoms with Gasteiger partial charge in [0.2, 0.25) is 5.91 Å². The smallest absolute Gasteiger partial charge is 0.317 e. The third-order valence-corrected chi connectivity index (χ3v) is 3.24. The van der Waals surface area contributed by atoms with Crippen molar-refractivity contribution in [3.05, 3.63) is 29.3 Å². The number of halogens is 1. The number of nitrogens with one attached hydrogen (secondary N) is 1. The molecule has 0 aliphatic heterocycles. The number of nitrogens with zero attached hydrogens (tertiary/aromatic N) is 1. The molecule has 0 heterocycles. The van der Waals surface area contributed by atoms with Gasteiger partial charge in [-0.05, 0) is 32.0 Å². The molecule has 2 N–H and O–H groups in total. The van der Waals surface area contributed by atoms with E-state index in [0.29, 0.717) is 17.3 Å². The van der Waals surface area contributed by atoms with Crippen molar-refractivity contribution in [2.45, 2.75) is 26.3 Å². The van der Waals surface area contributed by atoms with Crippen molar-refractivity contribution in [2.24, 2.45) is 0 Å². The minimum absolute atomic E-state index is 0.162. The number of hydrogen-bond donors (Lipinski definition) is 2. The number of amides is 1. The Morgan fingerprint density at radius 3 is 2.60 bits per heavy atom. The molecule has 1 aromatic carbocycles. The fraction of sp³-hybridized carbons (Fsp3) is 0.429. The van der Waals surface area contributed by atoms with Gasteiger partial charge in [-0.2, -0.15) is 0 Å². The van der Waals surface area contributed by atoms with Crippen molar-refractivity contribution in [1.82, 2.24) is 4.90 Å². The predicted octanol–water partition coefficient (Wildman–Crippen LogP) is 2.46. The molecule has 1 atom stereocenters. The first kappa shape index (κ1) is 16.5. The highest BCUT2D eigenvalue weighted by molar-refractivity contribution is 6.33. The van der Waals surface area contributed by atoms with Gasteiger partial charge in [0.05, 0.1) is 23.3 Å². The molecule has 6 heteroatoms. The molecule has 0 saturated carbocycles. The highest BCUT2D eigenvalue weighted by atomic mass is 35.5. The van der Waals surface area contributed by atoms with Crippen LogP contribution in [0, 0.1) is 0 Å². The molecule has 0 spiro atoms. The summed E-state index contributed by atoms with van der Waals surface area (Å²) in [4.78, 5) is 24.6. The lowest BCUT2D eigenvalue weighted by atomic mass is 10.2. The van der Waals surface area contributed by atoms with Gasteiger partial charge in [-0.15, -0.1) is 0 Å². The van der Waals surface area contributed by atoms with Gasteiger partial charge in [0.1, 0.15) is 0 Å². The molecular formula is C14H19ClN2O3. The van der Waals surface area contributed by atoms with Crippen LogP contribution in [-0.4, -0.2) is 41.0 Å². The van der Waals surface area contributed by atoms with E-state index in [9.17, 15) is 9.59 Å². The number of carbonyl (C=O) groups excluding carboxylic acids is 1. The molecular weight excluding hydrogens is 280 g/mol. The van der Waals surface area contributed by atoms with Gasteiger partial charge in [0.25, 0.3) is 0 Å². The quantitative estimate of drug-likeness (QED) is 0.811. The van der Waals surface area contributed by atoms with Crippen molar-refractivity contribution in [2.75, 3.05) is 18.4 Å². The Bertz CT molecular complexity index is 479. The molecule has 0 aliphatic carbocycles. The SMILES string of the molecule is CCCN(CC(=O)O)C(C)C(=O)Nc1ccccc1Cl. The second kappa shape index (κ2) is 7.87. The summed E-state index contributed by atoms with van der Waals surface area (Å²) in [7, 11) is 0. The van der Waals surface area contributed by atoms with Gasteiger partial charge in [-0.25, -0.2) is 0 Å². The van der Waals surface area contributed by atoms with Gasteiger partial charge in [0.15, 0.2) is 0 Å². The van der Waals surface area contributed by atoms with E-state index in [4.69, 9.17) is 16.7 Å². The number of anilines is 1. The molecule has 110 valence electrons. The van der Waals surface area contributed by atoms with Crippen LogP contribution in [0.3, 0.4) is 0 Å². The van der Waals surface area contributed by atoms with Gasteiger partial charge in [-0.3, -0.25) is 14.5 Å². The van der Waals surface area contributed by atoms with Crippen LogP contribution in [0.15, 0.2) is 24.3 Å². The predicted molar refractivity (Wildman–Crippen MR) is 79.0 cm³/mol. The maximum atomic E-state index is 12.2. The Kier molecular flexibility index (Phi) is 6.48. The zero-order valence-electron chi connectivity index (χ0n) is 11.6. The van der Waals surface area contributed by atoms with E-state index >= 15 is 0 Å². The van der Waals surface area contributed by atoms with Crippen LogP contribution in [0.2, 0.25) is 5.02 Å². The van der Waals surface area contributed by atoms with E-state index < -0.39 is 12.0 Å². The molecule has 0 saturated heterocycles. The van der Waals surface area contributed by atoms with Crippen LogP contribution in [-0.2, 0) is 9.59 Å². The maximum Gasteiger partial charge on any atom is 0.317 e. The van der Waals surface area contributed by atoms with E-state index in [1.807, 2.05) is 6.92 Å².